The van der Waals surface area contributed by atoms with E-state index in [1.165, 1.54) is 5.69 Å². The molecule has 0 aromatic heterocycles. The fourth-order valence-corrected chi connectivity index (χ4v) is 1.17. The van der Waals surface area contributed by atoms with Crippen LogP contribution in [-0.2, 0) is 0 Å². The van der Waals surface area contributed by atoms with Crippen molar-refractivity contribution in [2.24, 2.45) is 0 Å². The molecule has 1 nitrogen and oxygen atoms in total. The van der Waals surface area contributed by atoms with Gasteiger partial charge in [-0.3, -0.25) is 0 Å². The number of hydrogen-bond donors (Lipinski definition) is 0. The second-order valence-electron chi connectivity index (χ2n) is 2.60. The molecule has 0 aliphatic rings. The van der Waals surface area contributed by atoms with E-state index in [0.29, 0.717) is 0 Å². The van der Waals surface area contributed by atoms with Gasteiger partial charge in [-0.1, -0.05) is 24.3 Å². The van der Waals surface area contributed by atoms with E-state index in [1.807, 2.05) is 13.0 Å². The lowest BCUT2D eigenvalue weighted by molar-refractivity contribution is 1.01. The van der Waals surface area contributed by atoms with Gasteiger partial charge in [0.25, 0.3) is 0 Å². The number of para-hydroxylation sites is 1. The quantitative estimate of drug-likeness (QED) is 0.658. The third kappa shape index (κ3) is 2.12. The maximum absolute atomic E-state index is 2.21. The van der Waals surface area contributed by atoms with Crippen LogP contribution >= 0.6 is 0 Å². The van der Waals surface area contributed by atoms with Gasteiger partial charge in [0.1, 0.15) is 0 Å². The first-order valence-corrected chi connectivity index (χ1v) is 4.33. The molecule has 0 aliphatic carbocycles. The second-order valence-corrected chi connectivity index (χ2v) is 2.60. The Hall–Kier alpha value is -1.24. The summed E-state index contributed by atoms with van der Waals surface area (Å²) in [6, 6.07) is 10.4. The molecule has 1 rings (SSSR count). The minimum Gasteiger partial charge on any atom is -0.349 e. The van der Waals surface area contributed by atoms with Crippen molar-refractivity contribution in [2.75, 3.05) is 11.4 Å². The molecule has 1 aromatic carbocycles. The highest BCUT2D eigenvalue weighted by Gasteiger charge is 1.96. The van der Waals surface area contributed by atoms with E-state index in [9.17, 15) is 0 Å². The maximum atomic E-state index is 2.21. The molecule has 0 aliphatic heterocycles. The summed E-state index contributed by atoms with van der Waals surface area (Å²) in [4.78, 5) is 2.21. The summed E-state index contributed by atoms with van der Waals surface area (Å²) in [5, 5.41) is 0. The van der Waals surface area contributed by atoms with Crippen molar-refractivity contribution in [2.45, 2.75) is 13.8 Å². The first kappa shape index (κ1) is 8.85. The van der Waals surface area contributed by atoms with Gasteiger partial charge in [0.2, 0.25) is 0 Å². The molecule has 0 spiro atoms. The van der Waals surface area contributed by atoms with Crippen LogP contribution in [0.3, 0.4) is 0 Å². The Bertz CT molecular complexity index is 238. The summed E-state index contributed by atoms with van der Waals surface area (Å²) in [6.45, 7) is 5.19. The largest absolute Gasteiger partial charge is 0.349 e. The standard InChI is InChI=1S/C11H15N/c1-3-10-12(4-2)11-8-6-5-7-9-11/h3,5-10H,4H2,1-2H3/b10-3-. The Labute approximate surface area is 74.3 Å². The van der Waals surface area contributed by atoms with Crippen LogP contribution in [0.4, 0.5) is 5.69 Å². The van der Waals surface area contributed by atoms with E-state index in [-0.39, 0.29) is 0 Å². The van der Waals surface area contributed by atoms with E-state index in [0.717, 1.165) is 6.54 Å². The average molecular weight is 161 g/mol. The highest BCUT2D eigenvalue weighted by molar-refractivity contribution is 5.48. The first-order valence-electron chi connectivity index (χ1n) is 4.33. The molecule has 0 unspecified atom stereocenters. The first-order chi connectivity index (χ1) is 5.88. The fraction of sp³-hybridized carbons (Fsp3) is 0.273. The molecule has 1 heteroatoms. The predicted octanol–water partition coefficient (Wildman–Crippen LogP) is 3.05. The van der Waals surface area contributed by atoms with Crippen LogP contribution in [0, 0.1) is 0 Å². The van der Waals surface area contributed by atoms with E-state index in [2.05, 4.69) is 48.4 Å². The molecule has 64 valence electrons. The third-order valence-corrected chi connectivity index (χ3v) is 1.76. The Morgan fingerprint density at radius 3 is 2.42 bits per heavy atom. The molecule has 1 aromatic rings. The molecule has 0 heterocycles. The number of hydrogen-bond acceptors (Lipinski definition) is 1. The zero-order chi connectivity index (χ0) is 8.81. The Balaban J connectivity index is 2.80. The second kappa shape index (κ2) is 4.60. The summed E-state index contributed by atoms with van der Waals surface area (Å²) < 4.78 is 0. The number of allylic oxidation sites excluding steroid dienone is 1. The van der Waals surface area contributed by atoms with Crippen molar-refractivity contribution >= 4 is 5.69 Å². The lowest BCUT2D eigenvalue weighted by Gasteiger charge is -2.17. The van der Waals surface area contributed by atoms with Crippen molar-refractivity contribution in [3.05, 3.63) is 42.6 Å². The fourth-order valence-electron chi connectivity index (χ4n) is 1.17. The van der Waals surface area contributed by atoms with E-state index in [1.54, 1.807) is 0 Å². The van der Waals surface area contributed by atoms with Crippen LogP contribution in [-0.4, -0.2) is 6.54 Å². The Morgan fingerprint density at radius 2 is 1.92 bits per heavy atom. The average Bonchev–Trinajstić information content (AvgIpc) is 2.15. The monoisotopic (exact) mass is 161 g/mol. The highest BCUT2D eigenvalue weighted by atomic mass is 15.1. The van der Waals surface area contributed by atoms with Gasteiger partial charge in [-0.15, -0.1) is 0 Å². The molecular weight excluding hydrogens is 146 g/mol. The Morgan fingerprint density at radius 1 is 1.25 bits per heavy atom. The number of anilines is 1. The summed E-state index contributed by atoms with van der Waals surface area (Å²) in [5.74, 6) is 0. The molecule has 0 saturated heterocycles. The summed E-state index contributed by atoms with van der Waals surface area (Å²) in [7, 11) is 0. The van der Waals surface area contributed by atoms with Crippen LogP contribution < -0.4 is 4.90 Å². The molecule has 0 saturated carbocycles. The zero-order valence-electron chi connectivity index (χ0n) is 7.70. The van der Waals surface area contributed by atoms with Crippen LogP contribution in [0.25, 0.3) is 0 Å². The van der Waals surface area contributed by atoms with Gasteiger partial charge in [-0.05, 0) is 32.2 Å². The predicted molar refractivity (Wildman–Crippen MR) is 54.3 cm³/mol. The van der Waals surface area contributed by atoms with Gasteiger partial charge < -0.3 is 4.90 Å². The number of benzene rings is 1. The minimum atomic E-state index is 1.01. The van der Waals surface area contributed by atoms with Crippen LogP contribution in [0.5, 0.6) is 0 Å². The van der Waals surface area contributed by atoms with Crippen molar-refractivity contribution in [3.63, 3.8) is 0 Å². The van der Waals surface area contributed by atoms with Crippen LogP contribution in [0.2, 0.25) is 0 Å². The van der Waals surface area contributed by atoms with Gasteiger partial charge in [-0.2, -0.15) is 0 Å². The van der Waals surface area contributed by atoms with Crippen LogP contribution in [0.1, 0.15) is 13.8 Å². The molecule has 0 bridgehead atoms. The zero-order valence-corrected chi connectivity index (χ0v) is 7.70. The van der Waals surface area contributed by atoms with Gasteiger partial charge in [0, 0.05) is 12.2 Å². The van der Waals surface area contributed by atoms with E-state index in [4.69, 9.17) is 0 Å². The SMILES string of the molecule is C/C=C\N(CC)c1ccccc1. The van der Waals surface area contributed by atoms with Gasteiger partial charge in [0.15, 0.2) is 0 Å². The Kier molecular flexibility index (Phi) is 3.39. The van der Waals surface area contributed by atoms with Crippen molar-refractivity contribution in [1.82, 2.24) is 0 Å². The number of rotatable bonds is 3. The molecule has 0 N–H and O–H groups in total. The maximum Gasteiger partial charge on any atom is 0.0405 e. The summed E-state index contributed by atoms with van der Waals surface area (Å²) in [6.07, 6.45) is 4.14. The molecule has 0 fully saturated rings. The van der Waals surface area contributed by atoms with E-state index < -0.39 is 0 Å². The summed E-state index contributed by atoms with van der Waals surface area (Å²) in [5.41, 5.74) is 1.25. The molecule has 0 radical (unpaired) electrons. The lowest BCUT2D eigenvalue weighted by atomic mass is 10.3. The third-order valence-electron chi connectivity index (χ3n) is 1.76. The van der Waals surface area contributed by atoms with Crippen molar-refractivity contribution in [3.8, 4) is 0 Å². The normalized spacial score (nSPS) is 10.5. The van der Waals surface area contributed by atoms with Crippen molar-refractivity contribution < 1.29 is 0 Å². The molecule has 0 atom stereocenters. The number of nitrogens with zero attached hydrogens (tertiary/aromatic N) is 1. The molecular formula is C11H15N. The van der Waals surface area contributed by atoms with Gasteiger partial charge in [0.05, 0.1) is 0 Å². The molecule has 12 heavy (non-hydrogen) atoms. The molecule has 0 amide bonds. The van der Waals surface area contributed by atoms with Crippen LogP contribution in [0.15, 0.2) is 42.6 Å². The minimum absolute atomic E-state index is 1.01. The van der Waals surface area contributed by atoms with Crippen molar-refractivity contribution in [1.29, 1.82) is 0 Å². The van der Waals surface area contributed by atoms with E-state index >= 15 is 0 Å². The summed E-state index contributed by atoms with van der Waals surface area (Å²) >= 11 is 0. The van der Waals surface area contributed by atoms with Gasteiger partial charge in [-0.25, -0.2) is 0 Å². The smallest absolute Gasteiger partial charge is 0.0405 e. The van der Waals surface area contributed by atoms with Gasteiger partial charge >= 0.3 is 0 Å². The lowest BCUT2D eigenvalue weighted by Crippen LogP contribution is -2.14. The highest BCUT2D eigenvalue weighted by Crippen LogP contribution is 2.12. The topological polar surface area (TPSA) is 3.24 Å².